The average molecular weight is 462 g/mol. The predicted octanol–water partition coefficient (Wildman–Crippen LogP) is 4.22. The number of nitrogens with zero attached hydrogens (tertiary/aromatic N) is 1. The van der Waals surface area contributed by atoms with Crippen molar-refractivity contribution in [2.24, 2.45) is 0 Å². The van der Waals surface area contributed by atoms with Gasteiger partial charge >= 0.3 is 6.09 Å². The molecule has 0 bridgehead atoms. The fourth-order valence-corrected chi connectivity index (χ4v) is 3.40. The second kappa shape index (κ2) is 12.2. The fraction of sp³-hybridized carbons (Fsp3) is 0.222. The molecule has 0 aliphatic heterocycles. The van der Waals surface area contributed by atoms with Crippen LogP contribution in [0.4, 0.5) is 4.79 Å². The molecule has 3 rings (SSSR count). The van der Waals surface area contributed by atoms with Crippen LogP contribution in [0.3, 0.4) is 0 Å². The zero-order valence-corrected chi connectivity index (χ0v) is 19.2. The van der Waals surface area contributed by atoms with E-state index in [1.54, 1.807) is 67.8 Å². The molecule has 7 heteroatoms. The van der Waals surface area contributed by atoms with Crippen LogP contribution in [0.25, 0.3) is 0 Å². The molecule has 0 fully saturated rings. The van der Waals surface area contributed by atoms with E-state index in [-0.39, 0.29) is 19.4 Å². The van der Waals surface area contributed by atoms with Gasteiger partial charge in [0.25, 0.3) is 0 Å². The zero-order chi connectivity index (χ0) is 24.3. The van der Waals surface area contributed by atoms with Crippen molar-refractivity contribution in [3.05, 3.63) is 95.6 Å². The van der Waals surface area contributed by atoms with Crippen molar-refractivity contribution in [1.29, 1.82) is 0 Å². The normalized spacial score (nSPS) is 10.3. The number of carbonyl (C=O) groups excluding carboxylic acids is 3. The largest absolute Gasteiger partial charge is 0.493 e. The first-order valence-corrected chi connectivity index (χ1v) is 10.8. The van der Waals surface area contributed by atoms with Gasteiger partial charge in [-0.05, 0) is 28.8 Å². The lowest BCUT2D eigenvalue weighted by Crippen LogP contribution is -2.44. The molecule has 0 unspecified atom stereocenters. The minimum Gasteiger partial charge on any atom is -0.493 e. The van der Waals surface area contributed by atoms with Crippen molar-refractivity contribution in [2.75, 3.05) is 20.8 Å². The Bertz CT molecular complexity index is 1060. The second-order valence-corrected chi connectivity index (χ2v) is 7.50. The molecular weight excluding hydrogens is 434 g/mol. The van der Waals surface area contributed by atoms with Crippen molar-refractivity contribution in [2.45, 2.75) is 19.3 Å². The molecule has 0 saturated heterocycles. The van der Waals surface area contributed by atoms with Crippen LogP contribution in [0.5, 0.6) is 11.5 Å². The van der Waals surface area contributed by atoms with Gasteiger partial charge in [0.15, 0.2) is 11.5 Å². The van der Waals surface area contributed by atoms with Gasteiger partial charge < -0.3 is 14.2 Å². The van der Waals surface area contributed by atoms with E-state index >= 15 is 0 Å². The summed E-state index contributed by atoms with van der Waals surface area (Å²) in [5.74, 6) is -0.122. The van der Waals surface area contributed by atoms with Gasteiger partial charge in [0.05, 0.1) is 33.7 Å². The van der Waals surface area contributed by atoms with Crippen LogP contribution in [0, 0.1) is 0 Å². The lowest BCUT2D eigenvalue weighted by Gasteiger charge is -2.19. The topological polar surface area (TPSA) is 82.1 Å². The third-order valence-electron chi connectivity index (χ3n) is 5.14. The number of benzene rings is 3. The highest BCUT2D eigenvalue weighted by molar-refractivity contribution is 6.09. The van der Waals surface area contributed by atoms with Crippen LogP contribution in [-0.4, -0.2) is 43.6 Å². The maximum absolute atomic E-state index is 12.9. The number of hydrogen-bond acceptors (Lipinski definition) is 6. The highest BCUT2D eigenvalue weighted by atomic mass is 16.6. The van der Waals surface area contributed by atoms with E-state index < -0.39 is 17.9 Å². The number of carbonyl (C=O) groups is 3. The third kappa shape index (κ3) is 6.68. The Balaban J connectivity index is 1.69. The third-order valence-corrected chi connectivity index (χ3v) is 5.14. The number of rotatable bonds is 9. The van der Waals surface area contributed by atoms with E-state index in [0.29, 0.717) is 33.9 Å². The molecule has 0 aliphatic carbocycles. The van der Waals surface area contributed by atoms with E-state index in [4.69, 9.17) is 14.2 Å². The summed E-state index contributed by atoms with van der Waals surface area (Å²) in [5, 5.41) is 0. The summed E-state index contributed by atoms with van der Waals surface area (Å²) in [6.07, 6.45) is -0.792. The number of amides is 3. The Labute approximate surface area is 198 Å². The van der Waals surface area contributed by atoms with E-state index in [2.05, 4.69) is 0 Å². The summed E-state index contributed by atoms with van der Waals surface area (Å²) >= 11 is 0. The molecule has 0 saturated carbocycles. The summed E-state index contributed by atoms with van der Waals surface area (Å²) in [6, 6.07) is 23.2. The Kier molecular flexibility index (Phi) is 8.80. The van der Waals surface area contributed by atoms with Crippen molar-refractivity contribution < 1.29 is 28.6 Å². The molecule has 3 aromatic carbocycles. The second-order valence-electron chi connectivity index (χ2n) is 7.50. The van der Waals surface area contributed by atoms with Gasteiger partial charge in [-0.2, -0.15) is 4.90 Å². The van der Waals surface area contributed by atoms with Crippen LogP contribution in [0.1, 0.15) is 16.7 Å². The first-order chi connectivity index (χ1) is 16.5. The van der Waals surface area contributed by atoms with Crippen LogP contribution in [0.15, 0.2) is 78.9 Å². The summed E-state index contributed by atoms with van der Waals surface area (Å²) in [6.45, 7) is -0.0119. The van der Waals surface area contributed by atoms with Gasteiger partial charge in [-0.3, -0.25) is 9.59 Å². The van der Waals surface area contributed by atoms with Crippen molar-refractivity contribution in [3.8, 4) is 11.5 Å². The lowest BCUT2D eigenvalue weighted by molar-refractivity contribution is -0.141. The molecule has 0 heterocycles. The number of ether oxygens (including phenoxy) is 3. The molecule has 0 aliphatic rings. The molecule has 7 nitrogen and oxygen atoms in total. The minimum atomic E-state index is -0.984. The van der Waals surface area contributed by atoms with Gasteiger partial charge in [0.1, 0.15) is 0 Å². The van der Waals surface area contributed by atoms with Crippen molar-refractivity contribution >= 4 is 17.9 Å². The highest BCUT2D eigenvalue weighted by Crippen LogP contribution is 2.27. The molecule has 3 aromatic rings. The van der Waals surface area contributed by atoms with E-state index in [9.17, 15) is 14.4 Å². The SMILES string of the molecule is COc1ccc(CCOC(=O)N(C(=O)Cc2ccccc2)C(=O)Cc2ccccc2)cc1OC. The summed E-state index contributed by atoms with van der Waals surface area (Å²) in [5.41, 5.74) is 2.24. The minimum absolute atomic E-state index is 0.0119. The van der Waals surface area contributed by atoms with Crippen LogP contribution in [0.2, 0.25) is 0 Å². The zero-order valence-electron chi connectivity index (χ0n) is 19.2. The molecule has 3 amide bonds. The quantitative estimate of drug-likeness (QED) is 0.475. The predicted molar refractivity (Wildman–Crippen MR) is 127 cm³/mol. The van der Waals surface area contributed by atoms with Gasteiger partial charge in [-0.1, -0.05) is 66.7 Å². The Morgan fingerprint density at radius 2 is 1.21 bits per heavy atom. The molecule has 0 spiro atoms. The van der Waals surface area contributed by atoms with Crippen molar-refractivity contribution in [1.82, 2.24) is 4.90 Å². The number of hydrogen-bond donors (Lipinski definition) is 0. The maximum atomic E-state index is 12.9. The first-order valence-electron chi connectivity index (χ1n) is 10.8. The average Bonchev–Trinajstić information content (AvgIpc) is 2.85. The molecule has 0 N–H and O–H groups in total. The summed E-state index contributed by atoms with van der Waals surface area (Å²) < 4.78 is 15.8. The molecular formula is C27H27NO6. The Morgan fingerprint density at radius 1 is 0.676 bits per heavy atom. The molecule has 0 aromatic heterocycles. The number of imide groups is 3. The van der Waals surface area contributed by atoms with E-state index in [1.165, 1.54) is 7.11 Å². The van der Waals surface area contributed by atoms with Crippen LogP contribution < -0.4 is 9.47 Å². The molecule has 0 radical (unpaired) electrons. The molecule has 34 heavy (non-hydrogen) atoms. The van der Waals surface area contributed by atoms with Gasteiger partial charge in [-0.15, -0.1) is 0 Å². The van der Waals surface area contributed by atoms with Gasteiger partial charge in [-0.25, -0.2) is 4.79 Å². The molecule has 0 atom stereocenters. The smallest absolute Gasteiger partial charge is 0.423 e. The Morgan fingerprint density at radius 3 is 1.71 bits per heavy atom. The monoisotopic (exact) mass is 461 g/mol. The summed E-state index contributed by atoms with van der Waals surface area (Å²) in [7, 11) is 3.09. The Hall–Kier alpha value is -4.13. The van der Waals surface area contributed by atoms with Crippen molar-refractivity contribution in [3.63, 3.8) is 0 Å². The van der Waals surface area contributed by atoms with E-state index in [1.807, 2.05) is 18.2 Å². The van der Waals surface area contributed by atoms with Crippen LogP contribution >= 0.6 is 0 Å². The lowest BCUT2D eigenvalue weighted by atomic mass is 10.1. The molecule has 176 valence electrons. The standard InChI is InChI=1S/C27H27NO6/c1-32-23-14-13-22(17-24(23)33-2)15-16-34-27(31)28(25(29)18-20-9-5-3-6-10-20)26(30)19-21-11-7-4-8-12-21/h3-14,17H,15-16,18-19H2,1-2H3. The highest BCUT2D eigenvalue weighted by Gasteiger charge is 2.30. The maximum Gasteiger partial charge on any atom is 0.423 e. The van der Waals surface area contributed by atoms with Gasteiger partial charge in [0.2, 0.25) is 11.8 Å². The van der Waals surface area contributed by atoms with Gasteiger partial charge in [0, 0.05) is 6.42 Å². The first kappa shape index (κ1) is 24.5. The summed E-state index contributed by atoms with van der Waals surface area (Å²) in [4.78, 5) is 39.3. The van der Waals surface area contributed by atoms with Crippen LogP contribution in [-0.2, 0) is 33.6 Å². The number of methoxy groups -OCH3 is 2. The fourth-order valence-electron chi connectivity index (χ4n) is 3.40. The van der Waals surface area contributed by atoms with E-state index in [0.717, 1.165) is 5.56 Å².